The van der Waals surface area contributed by atoms with Crippen molar-refractivity contribution < 1.29 is 34.2 Å². The van der Waals surface area contributed by atoms with Gasteiger partial charge in [-0.3, -0.25) is 19.2 Å². The Morgan fingerprint density at radius 1 is 0.814 bits per heavy atom. The van der Waals surface area contributed by atoms with Crippen molar-refractivity contribution in [3.8, 4) is 0 Å². The number of nitrogens with one attached hydrogen (secondary N) is 4. The van der Waals surface area contributed by atoms with E-state index in [0.717, 1.165) is 16.5 Å². The summed E-state index contributed by atoms with van der Waals surface area (Å²) in [5.74, 6) is -4.78. The number of carbonyl (C=O) groups excluding carboxylic acids is 3. The Hall–Kier alpha value is -4.71. The molecule has 43 heavy (non-hydrogen) atoms. The molecule has 5 unspecified atom stereocenters. The minimum atomic E-state index is -1.38. The Morgan fingerprint density at radius 3 is 2.07 bits per heavy atom. The lowest BCUT2D eigenvalue weighted by Gasteiger charge is -2.26. The van der Waals surface area contributed by atoms with Crippen LogP contribution in [0.25, 0.3) is 10.9 Å². The predicted molar refractivity (Wildman–Crippen MR) is 160 cm³/mol. The molecular formula is C31H39N5O7. The average molecular weight is 594 g/mol. The van der Waals surface area contributed by atoms with E-state index in [4.69, 9.17) is 5.73 Å². The van der Waals surface area contributed by atoms with Crippen molar-refractivity contribution >= 4 is 40.6 Å². The van der Waals surface area contributed by atoms with Crippen molar-refractivity contribution in [3.63, 3.8) is 0 Å². The molecule has 2 aromatic carbocycles. The number of nitrogens with two attached hydrogens (primary N) is 1. The molecule has 1 aromatic heterocycles. The van der Waals surface area contributed by atoms with E-state index in [2.05, 4.69) is 20.9 Å². The van der Waals surface area contributed by atoms with Crippen LogP contribution in [0.5, 0.6) is 0 Å². The van der Waals surface area contributed by atoms with Gasteiger partial charge in [0.05, 0.1) is 6.04 Å². The Kier molecular flexibility index (Phi) is 11.8. The summed E-state index contributed by atoms with van der Waals surface area (Å²) in [6, 6.07) is 11.5. The number of H-pyrrole nitrogens is 1. The van der Waals surface area contributed by atoms with Gasteiger partial charge >= 0.3 is 11.9 Å². The largest absolute Gasteiger partial charge is 0.481 e. The molecule has 12 nitrogen and oxygen atoms in total. The SMILES string of the molecule is CCC(C)C(N)C(=O)NC(Cc1ccccc1)C(=O)NC(CCC(=O)O)C(=O)NC(Cc1c[nH]c2ccccc12)C(=O)O. The number of benzene rings is 2. The highest BCUT2D eigenvalue weighted by atomic mass is 16.4. The first kappa shape index (κ1) is 32.8. The normalized spacial score (nSPS) is 14.6. The molecule has 0 bridgehead atoms. The van der Waals surface area contributed by atoms with E-state index in [1.165, 1.54) is 0 Å². The van der Waals surface area contributed by atoms with E-state index in [1.807, 2.05) is 38.1 Å². The lowest BCUT2D eigenvalue weighted by molar-refractivity contribution is -0.143. The monoisotopic (exact) mass is 593 g/mol. The molecule has 8 N–H and O–H groups in total. The molecular weight excluding hydrogens is 554 g/mol. The summed E-state index contributed by atoms with van der Waals surface area (Å²) in [6.07, 6.45) is 1.57. The topological polar surface area (TPSA) is 204 Å². The van der Waals surface area contributed by atoms with E-state index in [1.54, 1.807) is 36.5 Å². The molecule has 0 aliphatic carbocycles. The smallest absolute Gasteiger partial charge is 0.326 e. The van der Waals surface area contributed by atoms with Crippen LogP contribution in [0.15, 0.2) is 60.8 Å². The first-order valence-corrected chi connectivity index (χ1v) is 14.2. The van der Waals surface area contributed by atoms with Gasteiger partial charge in [0.25, 0.3) is 0 Å². The lowest BCUT2D eigenvalue weighted by atomic mass is 9.98. The van der Waals surface area contributed by atoms with Crippen molar-refractivity contribution in [3.05, 3.63) is 71.9 Å². The maximum absolute atomic E-state index is 13.5. The van der Waals surface area contributed by atoms with Gasteiger partial charge in [-0.1, -0.05) is 68.8 Å². The van der Waals surface area contributed by atoms with E-state index < -0.39 is 60.2 Å². The second-order valence-electron chi connectivity index (χ2n) is 10.6. The van der Waals surface area contributed by atoms with Gasteiger partial charge in [-0.25, -0.2) is 4.79 Å². The summed E-state index contributed by atoms with van der Waals surface area (Å²) < 4.78 is 0. The number of carboxylic acids is 2. The highest BCUT2D eigenvalue weighted by Crippen LogP contribution is 2.19. The van der Waals surface area contributed by atoms with Crippen LogP contribution >= 0.6 is 0 Å². The number of hydrogen-bond acceptors (Lipinski definition) is 6. The minimum Gasteiger partial charge on any atom is -0.481 e. The van der Waals surface area contributed by atoms with Gasteiger partial charge in [-0.2, -0.15) is 0 Å². The first-order chi connectivity index (χ1) is 20.5. The molecule has 5 atom stereocenters. The summed E-state index contributed by atoms with van der Waals surface area (Å²) in [4.78, 5) is 66.3. The van der Waals surface area contributed by atoms with Crippen LogP contribution in [0, 0.1) is 5.92 Å². The van der Waals surface area contributed by atoms with Crippen molar-refractivity contribution in [1.29, 1.82) is 0 Å². The fourth-order valence-corrected chi connectivity index (χ4v) is 4.64. The Morgan fingerprint density at radius 2 is 1.42 bits per heavy atom. The van der Waals surface area contributed by atoms with Crippen molar-refractivity contribution in [2.45, 2.75) is 70.1 Å². The maximum Gasteiger partial charge on any atom is 0.326 e. The highest BCUT2D eigenvalue weighted by molar-refractivity contribution is 5.94. The first-order valence-electron chi connectivity index (χ1n) is 14.2. The average Bonchev–Trinajstić information content (AvgIpc) is 3.40. The predicted octanol–water partition coefficient (Wildman–Crippen LogP) is 1.73. The Balaban J connectivity index is 1.80. The third kappa shape index (κ3) is 9.40. The number of carboxylic acid groups (broad SMARTS) is 2. The van der Waals surface area contributed by atoms with Crippen molar-refractivity contribution in [1.82, 2.24) is 20.9 Å². The van der Waals surface area contributed by atoms with Gasteiger partial charge in [0.2, 0.25) is 17.7 Å². The molecule has 3 aromatic rings. The number of rotatable bonds is 16. The van der Waals surface area contributed by atoms with Crippen molar-refractivity contribution in [2.24, 2.45) is 11.7 Å². The zero-order chi connectivity index (χ0) is 31.5. The van der Waals surface area contributed by atoms with Gasteiger partial charge in [0.1, 0.15) is 18.1 Å². The van der Waals surface area contributed by atoms with Gasteiger partial charge in [0, 0.05) is 36.4 Å². The molecule has 0 aliphatic rings. The molecule has 3 amide bonds. The molecule has 0 radical (unpaired) electrons. The van der Waals surface area contributed by atoms with Crippen molar-refractivity contribution in [2.75, 3.05) is 0 Å². The van der Waals surface area contributed by atoms with Crippen LogP contribution in [0.3, 0.4) is 0 Å². The molecule has 12 heteroatoms. The number of amides is 3. The van der Waals surface area contributed by atoms with Crippen LogP contribution in [-0.4, -0.2) is 69.0 Å². The molecule has 0 saturated carbocycles. The summed E-state index contributed by atoms with van der Waals surface area (Å²) in [5.41, 5.74) is 8.29. The van der Waals surface area contributed by atoms with Crippen LogP contribution in [-0.2, 0) is 36.8 Å². The molecule has 0 fully saturated rings. The second kappa shape index (κ2) is 15.5. The maximum atomic E-state index is 13.5. The standard InChI is InChI=1S/C31H39N5O7/c1-3-18(2)27(32)30(41)35-24(15-19-9-5-4-6-10-19)29(40)34-23(13-14-26(37)38)28(39)36-25(31(42)43)16-20-17-33-22-12-8-7-11-21(20)22/h4-12,17-18,23-25,27,33H,3,13-16,32H2,1-2H3,(H,34,40)(H,35,41)(H,36,39)(H,37,38)(H,42,43). The number of hydrogen-bond donors (Lipinski definition) is 7. The molecule has 1 heterocycles. The molecule has 0 spiro atoms. The fraction of sp³-hybridized carbons (Fsp3) is 0.387. The summed E-state index contributed by atoms with van der Waals surface area (Å²) in [6.45, 7) is 3.71. The van der Waals surface area contributed by atoms with Gasteiger partial charge in [0.15, 0.2) is 0 Å². The van der Waals surface area contributed by atoms with Crippen LogP contribution in [0.1, 0.15) is 44.2 Å². The molecule has 0 saturated heterocycles. The number of aromatic amines is 1. The van der Waals surface area contributed by atoms with Crippen LogP contribution in [0.2, 0.25) is 0 Å². The zero-order valence-electron chi connectivity index (χ0n) is 24.2. The number of carbonyl (C=O) groups is 5. The quantitative estimate of drug-likeness (QED) is 0.130. The summed E-state index contributed by atoms with van der Waals surface area (Å²) in [5, 5.41) is 27.6. The number of para-hydroxylation sites is 1. The van der Waals surface area contributed by atoms with Gasteiger partial charge in [-0.05, 0) is 29.5 Å². The Labute approximate surface area is 249 Å². The lowest BCUT2D eigenvalue weighted by Crippen LogP contribution is -2.58. The minimum absolute atomic E-state index is 0.0507. The van der Waals surface area contributed by atoms with E-state index in [-0.39, 0.29) is 25.2 Å². The fourth-order valence-electron chi connectivity index (χ4n) is 4.64. The zero-order valence-corrected chi connectivity index (χ0v) is 24.2. The van der Waals surface area contributed by atoms with Crippen LogP contribution in [0.4, 0.5) is 0 Å². The van der Waals surface area contributed by atoms with Gasteiger partial charge < -0.3 is 36.9 Å². The molecule has 230 valence electrons. The van der Waals surface area contributed by atoms with E-state index in [9.17, 15) is 34.2 Å². The number of aromatic nitrogens is 1. The molecule has 3 rings (SSSR count). The third-order valence-corrected chi connectivity index (χ3v) is 7.47. The van der Waals surface area contributed by atoms with E-state index in [0.29, 0.717) is 12.0 Å². The van der Waals surface area contributed by atoms with Crippen LogP contribution < -0.4 is 21.7 Å². The molecule has 0 aliphatic heterocycles. The number of aliphatic carboxylic acids is 2. The summed E-state index contributed by atoms with van der Waals surface area (Å²) in [7, 11) is 0. The van der Waals surface area contributed by atoms with E-state index >= 15 is 0 Å². The number of fused-ring (bicyclic) bond motifs is 1. The van der Waals surface area contributed by atoms with Gasteiger partial charge in [-0.15, -0.1) is 0 Å². The Bertz CT molecular complexity index is 1420. The summed E-state index contributed by atoms with van der Waals surface area (Å²) >= 11 is 0. The highest BCUT2D eigenvalue weighted by Gasteiger charge is 2.32. The third-order valence-electron chi connectivity index (χ3n) is 7.47. The second-order valence-corrected chi connectivity index (χ2v) is 10.6.